The quantitative estimate of drug-likeness (QED) is 0.863. The molecular formula is C21H29N5O. The Bertz CT molecular complexity index is 774. The van der Waals surface area contributed by atoms with Crippen molar-refractivity contribution in [1.29, 1.82) is 0 Å². The summed E-state index contributed by atoms with van der Waals surface area (Å²) in [5.41, 5.74) is 1.88. The van der Waals surface area contributed by atoms with Crippen LogP contribution in [0.1, 0.15) is 39.2 Å². The van der Waals surface area contributed by atoms with Gasteiger partial charge >= 0.3 is 0 Å². The SMILES string of the molecule is Cc1ccc(Nc2ccnc(N3CCC(NC(=O)C(C)(C)C)CC3)n2)cc1. The van der Waals surface area contributed by atoms with Gasteiger partial charge in [-0.05, 0) is 38.0 Å². The van der Waals surface area contributed by atoms with E-state index in [1.807, 2.05) is 39.0 Å². The van der Waals surface area contributed by atoms with Crippen molar-refractivity contribution in [2.24, 2.45) is 5.41 Å². The summed E-state index contributed by atoms with van der Waals surface area (Å²) in [7, 11) is 0. The van der Waals surface area contributed by atoms with E-state index in [9.17, 15) is 4.79 Å². The molecule has 1 aliphatic heterocycles. The molecule has 144 valence electrons. The van der Waals surface area contributed by atoms with Crippen LogP contribution >= 0.6 is 0 Å². The Labute approximate surface area is 161 Å². The van der Waals surface area contributed by atoms with Crippen molar-refractivity contribution < 1.29 is 4.79 Å². The van der Waals surface area contributed by atoms with Crippen molar-refractivity contribution in [2.45, 2.75) is 46.6 Å². The van der Waals surface area contributed by atoms with E-state index < -0.39 is 0 Å². The zero-order valence-electron chi connectivity index (χ0n) is 16.6. The fourth-order valence-corrected chi connectivity index (χ4v) is 2.98. The summed E-state index contributed by atoms with van der Waals surface area (Å²) in [6, 6.07) is 10.3. The number of hydrogen-bond acceptors (Lipinski definition) is 5. The summed E-state index contributed by atoms with van der Waals surface area (Å²) in [6.07, 6.45) is 3.59. The Kier molecular flexibility index (Phi) is 5.63. The summed E-state index contributed by atoms with van der Waals surface area (Å²) in [4.78, 5) is 23.4. The highest BCUT2D eigenvalue weighted by Gasteiger charge is 2.27. The number of carbonyl (C=O) groups excluding carboxylic acids is 1. The van der Waals surface area contributed by atoms with Crippen LogP contribution in [0.15, 0.2) is 36.5 Å². The number of nitrogens with zero attached hydrogens (tertiary/aromatic N) is 3. The van der Waals surface area contributed by atoms with E-state index in [4.69, 9.17) is 0 Å². The van der Waals surface area contributed by atoms with Crippen LogP contribution in [0.3, 0.4) is 0 Å². The fourth-order valence-electron chi connectivity index (χ4n) is 2.98. The Morgan fingerprint density at radius 3 is 2.41 bits per heavy atom. The van der Waals surface area contributed by atoms with Crippen molar-refractivity contribution in [2.75, 3.05) is 23.3 Å². The minimum Gasteiger partial charge on any atom is -0.353 e. The van der Waals surface area contributed by atoms with Crippen molar-refractivity contribution in [3.8, 4) is 0 Å². The molecule has 0 atom stereocenters. The summed E-state index contributed by atoms with van der Waals surface area (Å²) < 4.78 is 0. The Balaban J connectivity index is 1.58. The molecule has 2 N–H and O–H groups in total. The minimum absolute atomic E-state index is 0.112. The van der Waals surface area contributed by atoms with Crippen LogP contribution in [0.25, 0.3) is 0 Å². The van der Waals surface area contributed by atoms with Crippen LogP contribution in [0.4, 0.5) is 17.5 Å². The van der Waals surface area contributed by atoms with Gasteiger partial charge in [-0.1, -0.05) is 38.5 Å². The number of amides is 1. The van der Waals surface area contributed by atoms with Crippen molar-refractivity contribution in [1.82, 2.24) is 15.3 Å². The lowest BCUT2D eigenvalue weighted by Gasteiger charge is -2.33. The average Bonchev–Trinajstić information content (AvgIpc) is 2.64. The van der Waals surface area contributed by atoms with E-state index in [0.29, 0.717) is 0 Å². The first-order valence-electron chi connectivity index (χ1n) is 9.54. The monoisotopic (exact) mass is 367 g/mol. The van der Waals surface area contributed by atoms with Gasteiger partial charge in [0.05, 0.1) is 0 Å². The van der Waals surface area contributed by atoms with Gasteiger partial charge in [0.25, 0.3) is 0 Å². The lowest BCUT2D eigenvalue weighted by Crippen LogP contribution is -2.48. The number of carbonyl (C=O) groups is 1. The third kappa shape index (κ3) is 5.18. The molecule has 6 nitrogen and oxygen atoms in total. The molecule has 0 aliphatic carbocycles. The first-order valence-corrected chi connectivity index (χ1v) is 9.54. The average molecular weight is 367 g/mol. The van der Waals surface area contributed by atoms with E-state index in [0.717, 1.165) is 43.4 Å². The van der Waals surface area contributed by atoms with Gasteiger partial charge in [-0.15, -0.1) is 0 Å². The predicted molar refractivity (Wildman–Crippen MR) is 109 cm³/mol. The number of anilines is 3. The largest absolute Gasteiger partial charge is 0.353 e. The molecule has 6 heteroatoms. The second-order valence-electron chi connectivity index (χ2n) is 8.22. The Hall–Kier alpha value is -2.63. The molecular weight excluding hydrogens is 338 g/mol. The van der Waals surface area contributed by atoms with Gasteiger partial charge < -0.3 is 15.5 Å². The molecule has 0 bridgehead atoms. The molecule has 1 fully saturated rings. The van der Waals surface area contributed by atoms with Crippen LogP contribution < -0.4 is 15.5 Å². The topological polar surface area (TPSA) is 70.2 Å². The standard InChI is InChI=1S/C21H29N5O/c1-15-5-7-16(8-6-15)23-18-9-12-22-20(25-18)26-13-10-17(11-14-26)24-19(27)21(2,3)4/h5-9,12,17H,10-11,13-14H2,1-4H3,(H,24,27)(H,22,23,25). The normalized spacial score (nSPS) is 15.5. The maximum absolute atomic E-state index is 12.2. The molecule has 0 spiro atoms. The summed E-state index contributed by atoms with van der Waals surface area (Å²) in [5.74, 6) is 1.63. The number of aromatic nitrogens is 2. The van der Waals surface area contributed by atoms with Gasteiger partial charge in [0.2, 0.25) is 11.9 Å². The molecule has 0 unspecified atom stereocenters. The number of nitrogens with one attached hydrogen (secondary N) is 2. The van der Waals surface area contributed by atoms with Crippen molar-refractivity contribution >= 4 is 23.4 Å². The number of hydrogen-bond donors (Lipinski definition) is 2. The third-order valence-electron chi connectivity index (χ3n) is 4.76. The molecule has 1 aromatic heterocycles. The summed E-state index contributed by atoms with van der Waals surface area (Å²) in [5, 5.41) is 6.49. The van der Waals surface area contributed by atoms with Crippen LogP contribution in [-0.2, 0) is 4.79 Å². The number of aryl methyl sites for hydroxylation is 1. The molecule has 3 rings (SSSR count). The smallest absolute Gasteiger partial charge is 0.227 e. The highest BCUT2D eigenvalue weighted by atomic mass is 16.2. The Morgan fingerprint density at radius 2 is 1.78 bits per heavy atom. The lowest BCUT2D eigenvalue weighted by atomic mass is 9.94. The third-order valence-corrected chi connectivity index (χ3v) is 4.76. The van der Waals surface area contributed by atoms with E-state index in [2.05, 4.69) is 44.6 Å². The van der Waals surface area contributed by atoms with Gasteiger partial charge in [0.15, 0.2) is 0 Å². The Morgan fingerprint density at radius 1 is 1.11 bits per heavy atom. The highest BCUT2D eigenvalue weighted by molar-refractivity contribution is 5.81. The van der Waals surface area contributed by atoms with Gasteiger partial charge in [-0.3, -0.25) is 4.79 Å². The van der Waals surface area contributed by atoms with Crippen LogP contribution in [0.2, 0.25) is 0 Å². The van der Waals surface area contributed by atoms with Crippen molar-refractivity contribution in [3.05, 3.63) is 42.1 Å². The number of piperidine rings is 1. The van der Waals surface area contributed by atoms with E-state index in [1.54, 1.807) is 6.20 Å². The van der Waals surface area contributed by atoms with Crippen LogP contribution in [0.5, 0.6) is 0 Å². The van der Waals surface area contributed by atoms with Crippen LogP contribution in [0, 0.1) is 12.3 Å². The summed E-state index contributed by atoms with van der Waals surface area (Å²) in [6.45, 7) is 9.57. The van der Waals surface area contributed by atoms with E-state index >= 15 is 0 Å². The first-order chi connectivity index (χ1) is 12.8. The molecule has 0 radical (unpaired) electrons. The van der Waals surface area contributed by atoms with Gasteiger partial charge in [0, 0.05) is 36.4 Å². The molecule has 0 saturated carbocycles. The maximum Gasteiger partial charge on any atom is 0.227 e. The second kappa shape index (κ2) is 7.94. The van der Waals surface area contributed by atoms with E-state index in [1.165, 1.54) is 5.56 Å². The molecule has 1 aromatic carbocycles. The fraction of sp³-hybridized carbons (Fsp3) is 0.476. The lowest BCUT2D eigenvalue weighted by molar-refractivity contribution is -0.129. The van der Waals surface area contributed by atoms with Gasteiger partial charge in [0.1, 0.15) is 5.82 Å². The summed E-state index contributed by atoms with van der Waals surface area (Å²) >= 11 is 0. The number of rotatable bonds is 4. The first kappa shape index (κ1) is 19.1. The maximum atomic E-state index is 12.2. The van der Waals surface area contributed by atoms with Crippen molar-refractivity contribution in [3.63, 3.8) is 0 Å². The number of benzene rings is 1. The predicted octanol–water partition coefficient (Wildman–Crippen LogP) is 3.66. The molecule has 1 aliphatic rings. The second-order valence-corrected chi connectivity index (χ2v) is 8.22. The van der Waals surface area contributed by atoms with Crippen LogP contribution in [-0.4, -0.2) is 35.0 Å². The zero-order chi connectivity index (χ0) is 19.4. The minimum atomic E-state index is -0.351. The molecule has 2 aromatic rings. The van der Waals surface area contributed by atoms with E-state index in [-0.39, 0.29) is 17.4 Å². The van der Waals surface area contributed by atoms with Gasteiger partial charge in [-0.25, -0.2) is 4.98 Å². The molecule has 2 heterocycles. The highest BCUT2D eigenvalue weighted by Crippen LogP contribution is 2.21. The zero-order valence-corrected chi connectivity index (χ0v) is 16.6. The van der Waals surface area contributed by atoms with Gasteiger partial charge in [-0.2, -0.15) is 4.98 Å². The molecule has 27 heavy (non-hydrogen) atoms. The molecule has 1 amide bonds. The molecule has 1 saturated heterocycles.